The van der Waals surface area contributed by atoms with Crippen LogP contribution in [-0.4, -0.2) is 33.9 Å². The Morgan fingerprint density at radius 2 is 1.60 bits per heavy atom. The van der Waals surface area contributed by atoms with Crippen molar-refractivity contribution in [3.8, 4) is 0 Å². The van der Waals surface area contributed by atoms with Gasteiger partial charge in [0.25, 0.3) is 0 Å². The number of rotatable bonds is 5. The summed E-state index contributed by atoms with van der Waals surface area (Å²) in [7, 11) is -7.54. The predicted octanol–water partition coefficient (Wildman–Crippen LogP) is 0.683. The van der Waals surface area contributed by atoms with Gasteiger partial charge in [-0.3, -0.25) is 14.8 Å². The molecule has 0 unspecified atom stereocenters. The molecule has 20 heavy (non-hydrogen) atoms. The summed E-state index contributed by atoms with van der Waals surface area (Å²) in [6.07, 6.45) is 0.967. The van der Waals surface area contributed by atoms with Crippen molar-refractivity contribution in [1.29, 1.82) is 0 Å². The third kappa shape index (κ3) is 4.17. The molecule has 0 aliphatic carbocycles. The van der Waals surface area contributed by atoms with Crippen molar-refractivity contribution in [2.75, 3.05) is 16.9 Å². The van der Waals surface area contributed by atoms with E-state index in [-0.39, 0.29) is 21.7 Å². The Morgan fingerprint density at radius 1 is 1.15 bits per heavy atom. The fraction of sp³-hybridized carbons (Fsp3) is 0.400. The number of sulfonamides is 1. The monoisotopic (exact) mass is 322 g/mol. The molecule has 10 heteroatoms. The van der Waals surface area contributed by atoms with E-state index in [1.807, 2.05) is 0 Å². The van der Waals surface area contributed by atoms with Crippen molar-refractivity contribution >= 4 is 25.5 Å². The van der Waals surface area contributed by atoms with E-state index in [1.54, 1.807) is 0 Å². The molecular weight excluding hydrogens is 308 g/mol. The number of benzene rings is 1. The van der Waals surface area contributed by atoms with Crippen LogP contribution in [0, 0.1) is 24.0 Å². The standard InChI is InChI=1S/C10H14N2O6S2/c1-7-4-9(11-19(3,15)16)5-8(2)10(7)20(17,18)6-12(13)14/h4-5,11H,6H2,1-3H3. The van der Waals surface area contributed by atoms with Gasteiger partial charge in [0.2, 0.25) is 19.9 Å². The molecule has 0 aromatic heterocycles. The Kier molecular flexibility index (Phi) is 4.39. The van der Waals surface area contributed by atoms with Crippen LogP contribution in [0.3, 0.4) is 0 Å². The quantitative estimate of drug-likeness (QED) is 0.628. The van der Waals surface area contributed by atoms with Gasteiger partial charge in [0, 0.05) is 10.6 Å². The van der Waals surface area contributed by atoms with Gasteiger partial charge >= 0.3 is 5.88 Å². The van der Waals surface area contributed by atoms with Crippen LogP contribution >= 0.6 is 0 Å². The van der Waals surface area contributed by atoms with E-state index < -0.39 is 30.7 Å². The van der Waals surface area contributed by atoms with E-state index in [1.165, 1.54) is 26.0 Å². The zero-order valence-electron chi connectivity index (χ0n) is 11.1. The molecule has 0 aliphatic heterocycles. The third-order valence-electron chi connectivity index (χ3n) is 2.35. The van der Waals surface area contributed by atoms with Crippen LogP contribution in [0.25, 0.3) is 0 Å². The molecule has 0 amide bonds. The van der Waals surface area contributed by atoms with Gasteiger partial charge in [-0.05, 0) is 37.1 Å². The lowest BCUT2D eigenvalue weighted by atomic mass is 10.1. The van der Waals surface area contributed by atoms with E-state index >= 15 is 0 Å². The van der Waals surface area contributed by atoms with Gasteiger partial charge in [-0.15, -0.1) is 0 Å². The topological polar surface area (TPSA) is 123 Å². The second kappa shape index (κ2) is 5.37. The lowest BCUT2D eigenvalue weighted by Crippen LogP contribution is -2.17. The average molecular weight is 322 g/mol. The molecule has 0 atom stereocenters. The Balaban J connectivity index is 3.36. The first-order valence-corrected chi connectivity index (χ1v) is 8.90. The summed E-state index contributed by atoms with van der Waals surface area (Å²) in [6.45, 7) is 2.90. The lowest BCUT2D eigenvalue weighted by Gasteiger charge is -2.12. The highest BCUT2D eigenvalue weighted by Gasteiger charge is 2.25. The molecule has 1 N–H and O–H groups in total. The molecule has 0 spiro atoms. The molecule has 0 fully saturated rings. The molecule has 112 valence electrons. The van der Waals surface area contributed by atoms with Gasteiger partial charge in [-0.2, -0.15) is 0 Å². The van der Waals surface area contributed by atoms with E-state index in [4.69, 9.17) is 0 Å². The maximum atomic E-state index is 11.9. The largest absolute Gasteiger partial charge is 0.305 e. The highest BCUT2D eigenvalue weighted by atomic mass is 32.2. The van der Waals surface area contributed by atoms with Crippen molar-refractivity contribution in [2.24, 2.45) is 0 Å². The van der Waals surface area contributed by atoms with Crippen molar-refractivity contribution in [2.45, 2.75) is 18.7 Å². The minimum absolute atomic E-state index is 0.145. The van der Waals surface area contributed by atoms with Crippen LogP contribution in [0.1, 0.15) is 11.1 Å². The minimum Gasteiger partial charge on any atom is -0.284 e. The first kappa shape index (κ1) is 16.4. The van der Waals surface area contributed by atoms with Crippen molar-refractivity contribution < 1.29 is 21.8 Å². The van der Waals surface area contributed by atoms with Crippen LogP contribution < -0.4 is 4.72 Å². The van der Waals surface area contributed by atoms with Crippen LogP contribution in [0.4, 0.5) is 5.69 Å². The number of hydrogen-bond acceptors (Lipinski definition) is 6. The summed E-state index contributed by atoms with van der Waals surface area (Å²) in [5, 5.41) is 10.4. The summed E-state index contributed by atoms with van der Waals surface area (Å²) in [6, 6.07) is 2.64. The second-order valence-corrected chi connectivity index (χ2v) is 8.03. The number of aryl methyl sites for hydroxylation is 2. The smallest absolute Gasteiger partial charge is 0.284 e. The number of nitro groups is 1. The summed E-state index contributed by atoms with van der Waals surface area (Å²) in [5.74, 6) is -1.20. The zero-order valence-corrected chi connectivity index (χ0v) is 12.7. The Hall–Kier alpha value is -1.68. The molecule has 1 aromatic carbocycles. The van der Waals surface area contributed by atoms with Gasteiger partial charge in [-0.25, -0.2) is 16.8 Å². The Labute approximate surface area is 116 Å². The van der Waals surface area contributed by atoms with E-state index in [0.29, 0.717) is 0 Å². The number of anilines is 1. The van der Waals surface area contributed by atoms with E-state index in [9.17, 15) is 26.9 Å². The average Bonchev–Trinajstić information content (AvgIpc) is 2.08. The summed E-state index contributed by atoms with van der Waals surface area (Å²) in [5.41, 5.74) is 0.707. The SMILES string of the molecule is Cc1cc(NS(C)(=O)=O)cc(C)c1S(=O)(=O)C[N+](=O)[O-]. The maximum Gasteiger partial charge on any atom is 0.305 e. The Bertz CT molecular complexity index is 729. The summed E-state index contributed by atoms with van der Waals surface area (Å²) in [4.78, 5) is 9.34. The van der Waals surface area contributed by atoms with Crippen molar-refractivity contribution in [1.82, 2.24) is 0 Å². The number of nitrogens with one attached hydrogen (secondary N) is 1. The Morgan fingerprint density at radius 3 is 1.95 bits per heavy atom. The molecule has 0 heterocycles. The number of sulfone groups is 1. The molecule has 0 aliphatic rings. The van der Waals surface area contributed by atoms with Gasteiger partial charge in [-0.1, -0.05) is 0 Å². The summed E-state index contributed by atoms with van der Waals surface area (Å²) < 4.78 is 48.3. The molecule has 0 saturated heterocycles. The van der Waals surface area contributed by atoms with Crippen molar-refractivity contribution in [3.63, 3.8) is 0 Å². The normalized spacial score (nSPS) is 12.2. The maximum absolute atomic E-state index is 11.9. The van der Waals surface area contributed by atoms with E-state index in [2.05, 4.69) is 4.72 Å². The summed E-state index contributed by atoms with van der Waals surface area (Å²) >= 11 is 0. The molecule has 0 bridgehead atoms. The van der Waals surface area contributed by atoms with Gasteiger partial charge < -0.3 is 0 Å². The van der Waals surface area contributed by atoms with Crippen LogP contribution in [0.15, 0.2) is 17.0 Å². The number of hydrogen-bond donors (Lipinski definition) is 1. The third-order valence-corrected chi connectivity index (χ3v) is 4.77. The first-order valence-electron chi connectivity index (χ1n) is 5.36. The van der Waals surface area contributed by atoms with Crippen LogP contribution in [0.5, 0.6) is 0 Å². The minimum atomic E-state index is -4.06. The van der Waals surface area contributed by atoms with Gasteiger partial charge in [0.15, 0.2) is 0 Å². The fourth-order valence-corrected chi connectivity index (χ4v) is 3.97. The molecule has 1 aromatic rings. The van der Waals surface area contributed by atoms with Crippen molar-refractivity contribution in [3.05, 3.63) is 33.4 Å². The predicted molar refractivity (Wildman–Crippen MR) is 73.4 cm³/mol. The number of nitrogens with zero attached hydrogens (tertiary/aromatic N) is 1. The zero-order chi connectivity index (χ0) is 15.7. The van der Waals surface area contributed by atoms with Crippen LogP contribution in [-0.2, 0) is 19.9 Å². The van der Waals surface area contributed by atoms with E-state index in [0.717, 1.165) is 6.26 Å². The van der Waals surface area contributed by atoms with Crippen LogP contribution in [0.2, 0.25) is 0 Å². The first-order chi connectivity index (χ1) is 8.92. The molecule has 1 rings (SSSR count). The fourth-order valence-electron chi connectivity index (χ4n) is 1.92. The van der Waals surface area contributed by atoms with Gasteiger partial charge in [0.05, 0.1) is 11.2 Å². The molecule has 0 radical (unpaired) electrons. The van der Waals surface area contributed by atoms with Gasteiger partial charge in [0.1, 0.15) is 0 Å². The molecular formula is C10H14N2O6S2. The lowest BCUT2D eigenvalue weighted by molar-refractivity contribution is -0.458. The highest BCUT2D eigenvalue weighted by molar-refractivity contribution is 7.92. The molecule has 0 saturated carbocycles. The highest BCUT2D eigenvalue weighted by Crippen LogP contribution is 2.25. The second-order valence-electron chi connectivity index (χ2n) is 4.39. The molecule has 8 nitrogen and oxygen atoms in total.